The van der Waals surface area contributed by atoms with Crippen LogP contribution in [0.25, 0.3) is 16.8 Å². The van der Waals surface area contributed by atoms with Crippen molar-refractivity contribution in [3.63, 3.8) is 0 Å². The molecule has 0 radical (unpaired) electrons. The molecule has 0 fully saturated rings. The molecule has 0 atom stereocenters. The van der Waals surface area contributed by atoms with Crippen LogP contribution >= 0.6 is 11.6 Å². The predicted molar refractivity (Wildman–Crippen MR) is 129 cm³/mol. The molecule has 4 aromatic rings. The number of rotatable bonds is 7. The van der Waals surface area contributed by atoms with E-state index < -0.39 is 17.7 Å². The van der Waals surface area contributed by atoms with Gasteiger partial charge >= 0.3 is 12.1 Å². The van der Waals surface area contributed by atoms with Gasteiger partial charge in [-0.2, -0.15) is 13.2 Å². The van der Waals surface area contributed by atoms with Gasteiger partial charge in [-0.05, 0) is 53.9 Å². The van der Waals surface area contributed by atoms with E-state index in [-0.39, 0.29) is 23.8 Å². The lowest BCUT2D eigenvalue weighted by atomic mass is 10.0. The van der Waals surface area contributed by atoms with E-state index >= 15 is 0 Å². The highest BCUT2D eigenvalue weighted by Gasteiger charge is 2.35. The third-order valence-corrected chi connectivity index (χ3v) is 5.85. The molecule has 3 aromatic carbocycles. The van der Waals surface area contributed by atoms with Crippen LogP contribution in [0, 0.1) is 0 Å². The summed E-state index contributed by atoms with van der Waals surface area (Å²) in [5.41, 5.74) is 1.51. The molecule has 0 saturated carbocycles. The van der Waals surface area contributed by atoms with Crippen LogP contribution in [-0.2, 0) is 12.8 Å². The van der Waals surface area contributed by atoms with E-state index in [1.54, 1.807) is 30.3 Å². The maximum Gasteiger partial charge on any atom is 0.418 e. The minimum Gasteiger partial charge on any atom is -0.487 e. The number of carbonyl (C=O) groups is 1. The van der Waals surface area contributed by atoms with Gasteiger partial charge in [0.2, 0.25) is 0 Å². The monoisotopic (exact) mass is 515 g/mol. The summed E-state index contributed by atoms with van der Waals surface area (Å²) in [6.07, 6.45) is -4.56. The lowest BCUT2D eigenvalue weighted by Crippen LogP contribution is -2.14. The van der Waals surface area contributed by atoms with E-state index in [4.69, 9.17) is 21.4 Å². The maximum atomic E-state index is 13.6. The molecule has 1 N–H and O–H groups in total. The molecule has 0 spiro atoms. The van der Waals surface area contributed by atoms with Crippen LogP contribution in [0.1, 0.15) is 47.1 Å². The zero-order chi connectivity index (χ0) is 26.0. The first-order chi connectivity index (χ1) is 17.1. The van der Waals surface area contributed by atoms with Crippen molar-refractivity contribution in [2.45, 2.75) is 32.5 Å². The second-order valence-electron chi connectivity index (χ2n) is 8.32. The van der Waals surface area contributed by atoms with E-state index in [9.17, 15) is 18.0 Å². The maximum absolute atomic E-state index is 13.6. The molecular weight excluding hydrogens is 495 g/mol. The van der Waals surface area contributed by atoms with Gasteiger partial charge in [0.1, 0.15) is 18.1 Å². The van der Waals surface area contributed by atoms with E-state index in [1.807, 2.05) is 13.8 Å². The summed E-state index contributed by atoms with van der Waals surface area (Å²) >= 11 is 6.46. The van der Waals surface area contributed by atoms with Crippen LogP contribution in [0.5, 0.6) is 5.75 Å². The molecule has 0 unspecified atom stereocenters. The molecular formula is C26H21ClF3N3O3. The molecule has 0 aliphatic carbocycles. The summed E-state index contributed by atoms with van der Waals surface area (Å²) in [5, 5.41) is 17.6. The average Bonchev–Trinajstić information content (AvgIpc) is 3.26. The number of benzene rings is 3. The predicted octanol–water partition coefficient (Wildman–Crippen LogP) is 7.01. The Hall–Kier alpha value is -3.85. The van der Waals surface area contributed by atoms with Crippen molar-refractivity contribution >= 4 is 17.6 Å². The van der Waals surface area contributed by atoms with Crippen molar-refractivity contribution in [3.8, 4) is 22.6 Å². The van der Waals surface area contributed by atoms with Gasteiger partial charge in [0, 0.05) is 5.56 Å². The number of hydrogen-bond donors (Lipinski definition) is 1. The Labute approximate surface area is 209 Å². The Morgan fingerprint density at radius 1 is 1.08 bits per heavy atom. The van der Waals surface area contributed by atoms with Gasteiger partial charge in [0.15, 0.2) is 0 Å². The van der Waals surface area contributed by atoms with Gasteiger partial charge in [-0.25, -0.2) is 9.48 Å². The second kappa shape index (κ2) is 10.0. The highest BCUT2D eigenvalue weighted by Crippen LogP contribution is 2.35. The topological polar surface area (TPSA) is 77.2 Å². The molecule has 0 bridgehead atoms. The molecule has 10 heteroatoms. The van der Waals surface area contributed by atoms with Crippen LogP contribution in [0.2, 0.25) is 5.02 Å². The zero-order valence-electron chi connectivity index (χ0n) is 19.3. The number of para-hydroxylation sites is 1. The molecule has 0 aliphatic rings. The van der Waals surface area contributed by atoms with Gasteiger partial charge < -0.3 is 9.84 Å². The van der Waals surface area contributed by atoms with Crippen LogP contribution in [0.15, 0.2) is 66.7 Å². The second-order valence-corrected chi connectivity index (χ2v) is 8.72. The molecule has 4 rings (SSSR count). The van der Waals surface area contributed by atoms with Crippen LogP contribution in [0.4, 0.5) is 13.2 Å². The van der Waals surface area contributed by atoms with E-state index in [1.165, 1.54) is 30.3 Å². The van der Waals surface area contributed by atoms with Crippen molar-refractivity contribution in [3.05, 3.63) is 94.3 Å². The fraction of sp³-hybridized carbons (Fsp3) is 0.192. The number of ether oxygens (including phenoxy) is 1. The number of carboxylic acids is 1. The third kappa shape index (κ3) is 5.21. The normalized spacial score (nSPS) is 11.6. The van der Waals surface area contributed by atoms with Gasteiger partial charge in [-0.15, -0.1) is 5.10 Å². The summed E-state index contributed by atoms with van der Waals surface area (Å²) in [7, 11) is 0. The Morgan fingerprint density at radius 3 is 2.39 bits per heavy atom. The van der Waals surface area contributed by atoms with E-state index in [0.29, 0.717) is 27.7 Å². The molecule has 186 valence electrons. The number of carboxylic acid groups (broad SMARTS) is 1. The SMILES string of the molecule is CC(C)c1nnn(-c2ccccc2C(F)(F)F)c1COc1ccc(-c2ccc(C(=O)O)cc2)c(Cl)c1. The molecule has 0 amide bonds. The van der Waals surface area contributed by atoms with Gasteiger partial charge in [0.25, 0.3) is 0 Å². The van der Waals surface area contributed by atoms with Crippen molar-refractivity contribution in [2.24, 2.45) is 0 Å². The highest BCUT2D eigenvalue weighted by atomic mass is 35.5. The van der Waals surface area contributed by atoms with E-state index in [2.05, 4.69) is 10.3 Å². The number of aromatic carboxylic acids is 1. The Balaban J connectivity index is 1.63. The lowest BCUT2D eigenvalue weighted by molar-refractivity contribution is -0.137. The fourth-order valence-electron chi connectivity index (χ4n) is 3.75. The standard InChI is InChI=1S/C26H21ClF3N3O3/c1-15(2)24-23(33(32-31-24)22-6-4-3-5-20(22)26(28,29)30)14-36-18-11-12-19(21(27)13-18)16-7-9-17(10-8-16)25(34)35/h3-13,15H,14H2,1-2H3,(H,34,35). The summed E-state index contributed by atoms with van der Waals surface area (Å²) in [6.45, 7) is 3.65. The lowest BCUT2D eigenvalue weighted by Gasteiger charge is -2.16. The minimum absolute atomic E-state index is 0.0876. The summed E-state index contributed by atoms with van der Waals surface area (Å²) < 4.78 is 48.0. The number of alkyl halides is 3. The minimum atomic E-state index is -4.56. The number of nitrogens with zero attached hydrogens (tertiary/aromatic N) is 3. The zero-order valence-corrected chi connectivity index (χ0v) is 20.0. The molecule has 1 aromatic heterocycles. The van der Waals surface area contributed by atoms with Gasteiger partial charge in [-0.1, -0.05) is 54.9 Å². The Kier molecular flexibility index (Phi) is 7.03. The van der Waals surface area contributed by atoms with Crippen molar-refractivity contribution in [1.29, 1.82) is 0 Å². The fourth-order valence-corrected chi connectivity index (χ4v) is 4.03. The molecule has 6 nitrogen and oxygen atoms in total. The van der Waals surface area contributed by atoms with Crippen molar-refractivity contribution in [1.82, 2.24) is 15.0 Å². The first-order valence-electron chi connectivity index (χ1n) is 10.9. The largest absolute Gasteiger partial charge is 0.487 e. The Morgan fingerprint density at radius 2 is 1.78 bits per heavy atom. The quantitative estimate of drug-likeness (QED) is 0.286. The first-order valence-corrected chi connectivity index (χ1v) is 11.3. The van der Waals surface area contributed by atoms with Crippen LogP contribution in [-0.4, -0.2) is 26.1 Å². The average molecular weight is 516 g/mol. The smallest absolute Gasteiger partial charge is 0.418 e. The van der Waals surface area contributed by atoms with Crippen LogP contribution < -0.4 is 4.74 Å². The molecule has 1 heterocycles. The van der Waals surface area contributed by atoms with Crippen LogP contribution in [0.3, 0.4) is 0 Å². The summed E-state index contributed by atoms with van der Waals surface area (Å²) in [5.74, 6) is -0.726. The number of halogens is 4. The molecule has 36 heavy (non-hydrogen) atoms. The van der Waals surface area contributed by atoms with Gasteiger partial charge in [-0.3, -0.25) is 0 Å². The highest BCUT2D eigenvalue weighted by molar-refractivity contribution is 6.33. The summed E-state index contributed by atoms with van der Waals surface area (Å²) in [6, 6.07) is 16.4. The first kappa shape index (κ1) is 25.2. The number of hydrogen-bond acceptors (Lipinski definition) is 4. The third-order valence-electron chi connectivity index (χ3n) is 5.54. The molecule has 0 saturated heterocycles. The van der Waals surface area contributed by atoms with E-state index in [0.717, 1.165) is 16.3 Å². The Bertz CT molecular complexity index is 1400. The van der Waals surface area contributed by atoms with Crippen molar-refractivity contribution < 1.29 is 27.8 Å². The van der Waals surface area contributed by atoms with Crippen molar-refractivity contribution in [2.75, 3.05) is 0 Å². The molecule has 0 aliphatic heterocycles. The number of aromatic nitrogens is 3. The van der Waals surface area contributed by atoms with Gasteiger partial charge in [0.05, 0.1) is 27.5 Å². The summed E-state index contributed by atoms with van der Waals surface area (Å²) in [4.78, 5) is 11.1.